The predicted molar refractivity (Wildman–Crippen MR) is 45.6 cm³/mol. The van der Waals surface area contributed by atoms with Gasteiger partial charge in [0.2, 0.25) is 0 Å². The SMILES string of the molecule is CCCCC/C=C/[Se](C)=O. The Bertz CT molecular complexity index is 118. The molecule has 1 atom stereocenters. The van der Waals surface area contributed by atoms with E-state index in [1.165, 1.54) is 19.3 Å². The number of unbranched alkanes of at least 4 members (excludes halogenated alkanes) is 3. The first-order valence-electron chi connectivity index (χ1n) is 3.76. The molecule has 60 valence electrons. The maximum atomic E-state index is 10.6. The second-order valence-corrected chi connectivity index (χ2v) is 5.03. The van der Waals surface area contributed by atoms with Crippen LogP contribution in [0.5, 0.6) is 0 Å². The molecule has 0 aromatic carbocycles. The van der Waals surface area contributed by atoms with Crippen molar-refractivity contribution in [2.75, 3.05) is 0 Å². The van der Waals surface area contributed by atoms with Crippen LogP contribution in [-0.2, 0) is 3.83 Å². The molecular weight excluding hydrogens is 191 g/mol. The summed E-state index contributed by atoms with van der Waals surface area (Å²) in [6.07, 6.45) is 6.94. The zero-order valence-corrected chi connectivity index (χ0v) is 8.51. The molecule has 0 aliphatic heterocycles. The normalized spacial score (nSPS) is 14.2. The Morgan fingerprint density at radius 3 is 2.60 bits per heavy atom. The molecule has 0 bridgehead atoms. The van der Waals surface area contributed by atoms with Crippen LogP contribution < -0.4 is 0 Å². The topological polar surface area (TPSA) is 17.1 Å². The minimum atomic E-state index is -1.54. The van der Waals surface area contributed by atoms with Gasteiger partial charge in [-0.3, -0.25) is 0 Å². The van der Waals surface area contributed by atoms with Crippen molar-refractivity contribution in [3.63, 3.8) is 0 Å². The third-order valence-corrected chi connectivity index (χ3v) is 2.47. The third kappa shape index (κ3) is 8.06. The van der Waals surface area contributed by atoms with Gasteiger partial charge < -0.3 is 0 Å². The van der Waals surface area contributed by atoms with Gasteiger partial charge in [0.15, 0.2) is 0 Å². The van der Waals surface area contributed by atoms with E-state index in [4.69, 9.17) is 0 Å². The summed E-state index contributed by atoms with van der Waals surface area (Å²) in [6.45, 7) is 2.19. The van der Waals surface area contributed by atoms with Gasteiger partial charge in [-0.15, -0.1) is 0 Å². The molecular formula is C8H16OSe. The molecule has 0 radical (unpaired) electrons. The van der Waals surface area contributed by atoms with Gasteiger partial charge in [-0.25, -0.2) is 0 Å². The Balaban J connectivity index is 3.10. The van der Waals surface area contributed by atoms with E-state index in [1.54, 1.807) is 5.82 Å². The quantitative estimate of drug-likeness (QED) is 0.500. The average Bonchev–Trinajstić information content (AvgIpc) is 1.87. The van der Waals surface area contributed by atoms with Crippen LogP contribution in [0.15, 0.2) is 11.1 Å². The molecule has 0 spiro atoms. The Kier molecular flexibility index (Phi) is 7.21. The van der Waals surface area contributed by atoms with Crippen LogP contribution in [0, 0.1) is 0 Å². The second kappa shape index (κ2) is 7.17. The van der Waals surface area contributed by atoms with E-state index in [2.05, 4.69) is 6.92 Å². The minimum absolute atomic E-state index is 1.10. The van der Waals surface area contributed by atoms with Gasteiger partial charge in [0, 0.05) is 0 Å². The number of hydrogen-bond acceptors (Lipinski definition) is 1. The van der Waals surface area contributed by atoms with E-state index in [9.17, 15) is 3.83 Å². The molecule has 0 heterocycles. The van der Waals surface area contributed by atoms with Crippen LogP contribution in [0.25, 0.3) is 0 Å². The van der Waals surface area contributed by atoms with Crippen LogP contribution in [0.1, 0.15) is 32.6 Å². The van der Waals surface area contributed by atoms with Gasteiger partial charge in [-0.2, -0.15) is 0 Å². The summed E-state index contributed by atoms with van der Waals surface area (Å²) >= 11 is -1.54. The summed E-state index contributed by atoms with van der Waals surface area (Å²) in [5, 5.41) is 0. The molecule has 0 aliphatic carbocycles. The molecule has 0 saturated heterocycles. The van der Waals surface area contributed by atoms with Crippen molar-refractivity contribution in [2.24, 2.45) is 0 Å². The molecule has 1 nitrogen and oxygen atoms in total. The zero-order chi connectivity index (χ0) is 7.82. The van der Waals surface area contributed by atoms with Gasteiger partial charge in [0.25, 0.3) is 0 Å². The molecule has 0 aromatic rings. The van der Waals surface area contributed by atoms with Crippen LogP contribution in [0.4, 0.5) is 0 Å². The van der Waals surface area contributed by atoms with E-state index in [0.29, 0.717) is 0 Å². The standard InChI is InChI=1S/C8H16OSe/c1-3-4-5-6-7-8-10(2)9/h7-8H,3-6H2,1-2H3/b8-7+. The van der Waals surface area contributed by atoms with Crippen molar-refractivity contribution in [3.05, 3.63) is 11.1 Å². The Morgan fingerprint density at radius 1 is 1.40 bits per heavy atom. The third-order valence-electron chi connectivity index (χ3n) is 1.26. The number of allylic oxidation sites excluding steroid dienone is 1. The summed E-state index contributed by atoms with van der Waals surface area (Å²) in [5.41, 5.74) is 0. The van der Waals surface area contributed by atoms with Crippen LogP contribution >= 0.6 is 0 Å². The van der Waals surface area contributed by atoms with E-state index in [0.717, 1.165) is 6.42 Å². The number of rotatable bonds is 5. The molecule has 0 aromatic heterocycles. The Morgan fingerprint density at radius 2 is 2.10 bits per heavy atom. The fourth-order valence-electron chi connectivity index (χ4n) is 0.716. The van der Waals surface area contributed by atoms with Crippen molar-refractivity contribution in [2.45, 2.75) is 38.4 Å². The van der Waals surface area contributed by atoms with Crippen LogP contribution in [-0.4, -0.2) is 13.8 Å². The fraction of sp³-hybridized carbons (Fsp3) is 0.750. The molecule has 0 amide bonds. The van der Waals surface area contributed by atoms with Crippen molar-refractivity contribution in [3.8, 4) is 0 Å². The van der Waals surface area contributed by atoms with Crippen molar-refractivity contribution >= 4 is 13.8 Å². The van der Waals surface area contributed by atoms with Crippen LogP contribution in [0.3, 0.4) is 0 Å². The predicted octanol–water partition coefficient (Wildman–Crippen LogP) is 2.71. The van der Waals surface area contributed by atoms with E-state index < -0.39 is 13.8 Å². The monoisotopic (exact) mass is 208 g/mol. The van der Waals surface area contributed by atoms with E-state index in [-0.39, 0.29) is 0 Å². The molecule has 0 aliphatic rings. The summed E-state index contributed by atoms with van der Waals surface area (Å²) in [5.74, 6) is 1.79. The first kappa shape index (κ1) is 10.1. The second-order valence-electron chi connectivity index (χ2n) is 2.37. The molecule has 2 heteroatoms. The summed E-state index contributed by atoms with van der Waals surface area (Å²) < 4.78 is 10.6. The van der Waals surface area contributed by atoms with Gasteiger partial charge in [0.05, 0.1) is 0 Å². The first-order valence-corrected chi connectivity index (χ1v) is 7.16. The molecule has 1 unspecified atom stereocenters. The molecule has 10 heavy (non-hydrogen) atoms. The molecule has 0 fully saturated rings. The van der Waals surface area contributed by atoms with Gasteiger partial charge in [-0.1, -0.05) is 0 Å². The Labute approximate surface area is 67.6 Å². The zero-order valence-electron chi connectivity index (χ0n) is 6.80. The fourth-order valence-corrected chi connectivity index (χ4v) is 1.57. The van der Waals surface area contributed by atoms with E-state index >= 15 is 0 Å². The maximum absolute atomic E-state index is 10.6. The van der Waals surface area contributed by atoms with Crippen LogP contribution in [0.2, 0.25) is 5.82 Å². The first-order chi connectivity index (χ1) is 4.77. The summed E-state index contributed by atoms with van der Waals surface area (Å²) in [7, 11) is 0. The van der Waals surface area contributed by atoms with Crippen molar-refractivity contribution in [1.29, 1.82) is 0 Å². The Hall–Kier alpha value is 0.0595. The molecule has 0 saturated carbocycles. The number of hydrogen-bond donors (Lipinski definition) is 0. The molecule has 0 N–H and O–H groups in total. The average molecular weight is 207 g/mol. The summed E-state index contributed by atoms with van der Waals surface area (Å²) in [6, 6.07) is 0. The molecule has 0 rings (SSSR count). The van der Waals surface area contributed by atoms with Gasteiger partial charge in [-0.05, 0) is 0 Å². The van der Waals surface area contributed by atoms with E-state index in [1.807, 2.05) is 11.1 Å². The van der Waals surface area contributed by atoms with Gasteiger partial charge >= 0.3 is 67.1 Å². The van der Waals surface area contributed by atoms with Crippen molar-refractivity contribution < 1.29 is 3.83 Å². The van der Waals surface area contributed by atoms with Gasteiger partial charge in [0.1, 0.15) is 0 Å². The van der Waals surface area contributed by atoms with Crippen molar-refractivity contribution in [1.82, 2.24) is 0 Å². The summed E-state index contributed by atoms with van der Waals surface area (Å²) in [4.78, 5) is 1.86.